The van der Waals surface area contributed by atoms with Crippen molar-refractivity contribution in [1.82, 2.24) is 4.98 Å². The van der Waals surface area contributed by atoms with Gasteiger partial charge in [0.25, 0.3) is 0 Å². The molecule has 0 unspecified atom stereocenters. The van der Waals surface area contributed by atoms with Gasteiger partial charge in [0.2, 0.25) is 0 Å². The van der Waals surface area contributed by atoms with Crippen LogP contribution in [-0.2, 0) is 0 Å². The summed E-state index contributed by atoms with van der Waals surface area (Å²) in [7, 11) is 0. The van der Waals surface area contributed by atoms with Gasteiger partial charge in [-0.2, -0.15) is 0 Å². The third kappa shape index (κ3) is 3.51. The molecule has 0 amide bonds. The minimum atomic E-state index is -0.216. The Hall–Kier alpha value is -2.40. The third-order valence-electron chi connectivity index (χ3n) is 4.58. The van der Waals surface area contributed by atoms with Gasteiger partial charge in [0.05, 0.1) is 5.69 Å². The number of rotatable bonds is 3. The summed E-state index contributed by atoms with van der Waals surface area (Å²) in [5.41, 5.74) is 4.46. The molecule has 1 aliphatic rings. The second kappa shape index (κ2) is 6.84. The van der Waals surface area contributed by atoms with Crippen LogP contribution in [0.1, 0.15) is 5.56 Å². The second-order valence-corrected chi connectivity index (χ2v) is 7.17. The van der Waals surface area contributed by atoms with E-state index < -0.39 is 0 Å². The van der Waals surface area contributed by atoms with Crippen LogP contribution in [0.15, 0.2) is 53.9 Å². The molecule has 2 aromatic carbocycles. The fraction of sp³-hybridized carbons (Fsp3) is 0.250. The predicted molar refractivity (Wildman–Crippen MR) is 103 cm³/mol. The van der Waals surface area contributed by atoms with Gasteiger partial charge in [-0.25, -0.2) is 9.37 Å². The van der Waals surface area contributed by atoms with Crippen molar-refractivity contribution < 1.29 is 4.39 Å². The number of halogens is 1. The van der Waals surface area contributed by atoms with E-state index in [4.69, 9.17) is 4.98 Å². The molecule has 1 aliphatic heterocycles. The lowest BCUT2D eigenvalue weighted by molar-refractivity contribution is 0.628. The van der Waals surface area contributed by atoms with Gasteiger partial charge in [-0.15, -0.1) is 11.3 Å². The van der Waals surface area contributed by atoms with Crippen LogP contribution in [0, 0.1) is 12.7 Å². The normalized spacial score (nSPS) is 14.8. The molecule has 4 rings (SSSR count). The maximum Gasteiger partial charge on any atom is 0.185 e. The molecule has 3 nitrogen and oxygen atoms in total. The number of aromatic nitrogens is 1. The smallest absolute Gasteiger partial charge is 0.185 e. The number of piperazine rings is 1. The van der Waals surface area contributed by atoms with E-state index in [1.54, 1.807) is 23.5 Å². The molecule has 1 aromatic heterocycles. The van der Waals surface area contributed by atoms with Gasteiger partial charge in [0.1, 0.15) is 5.82 Å². The van der Waals surface area contributed by atoms with Gasteiger partial charge < -0.3 is 9.80 Å². The molecule has 0 aliphatic carbocycles. The van der Waals surface area contributed by atoms with Crippen molar-refractivity contribution in [2.45, 2.75) is 6.92 Å². The molecule has 1 saturated heterocycles. The van der Waals surface area contributed by atoms with Gasteiger partial charge >= 0.3 is 0 Å². The standard InChI is InChI=1S/C20H20FN3S/c1-15-2-8-18(9-3-15)23-10-12-24(13-11-23)20-22-19(14-25-20)16-4-6-17(21)7-5-16/h2-9,14H,10-13H2,1H3. The largest absolute Gasteiger partial charge is 0.368 e. The quantitative estimate of drug-likeness (QED) is 0.687. The molecule has 0 bridgehead atoms. The van der Waals surface area contributed by atoms with E-state index in [2.05, 4.69) is 46.4 Å². The van der Waals surface area contributed by atoms with Gasteiger partial charge in [-0.05, 0) is 43.3 Å². The molecule has 3 aromatic rings. The van der Waals surface area contributed by atoms with Gasteiger partial charge in [0.15, 0.2) is 5.13 Å². The summed E-state index contributed by atoms with van der Waals surface area (Å²) in [5, 5.41) is 3.09. The van der Waals surface area contributed by atoms with Crippen LogP contribution in [0.5, 0.6) is 0 Å². The predicted octanol–water partition coefficient (Wildman–Crippen LogP) is 4.58. The maximum atomic E-state index is 13.1. The molecule has 0 radical (unpaired) electrons. The SMILES string of the molecule is Cc1ccc(N2CCN(c3nc(-c4ccc(F)cc4)cs3)CC2)cc1. The molecule has 25 heavy (non-hydrogen) atoms. The number of hydrogen-bond acceptors (Lipinski definition) is 4. The fourth-order valence-corrected chi connectivity index (χ4v) is 3.96. The van der Waals surface area contributed by atoms with Crippen molar-refractivity contribution in [3.8, 4) is 11.3 Å². The van der Waals surface area contributed by atoms with Gasteiger partial charge in [-0.1, -0.05) is 17.7 Å². The van der Waals surface area contributed by atoms with E-state index in [0.717, 1.165) is 42.6 Å². The summed E-state index contributed by atoms with van der Waals surface area (Å²) in [4.78, 5) is 9.50. The monoisotopic (exact) mass is 353 g/mol. The number of aryl methyl sites for hydroxylation is 1. The minimum Gasteiger partial charge on any atom is -0.368 e. The molecule has 2 heterocycles. The molecular formula is C20H20FN3S. The zero-order valence-corrected chi connectivity index (χ0v) is 15.0. The Kier molecular flexibility index (Phi) is 4.40. The first-order chi connectivity index (χ1) is 12.2. The first kappa shape index (κ1) is 16.1. The summed E-state index contributed by atoms with van der Waals surface area (Å²) in [6.07, 6.45) is 0. The minimum absolute atomic E-state index is 0.216. The molecule has 0 saturated carbocycles. The average molecular weight is 353 g/mol. The summed E-state index contributed by atoms with van der Waals surface area (Å²) in [6.45, 7) is 6.03. The summed E-state index contributed by atoms with van der Waals surface area (Å²) in [6, 6.07) is 15.2. The van der Waals surface area contributed by atoms with Crippen molar-refractivity contribution in [2.75, 3.05) is 36.0 Å². The van der Waals surface area contributed by atoms with Crippen LogP contribution in [0.25, 0.3) is 11.3 Å². The highest BCUT2D eigenvalue weighted by Crippen LogP contribution is 2.29. The molecular weight excluding hydrogens is 333 g/mol. The Bertz CT molecular complexity index is 834. The van der Waals surface area contributed by atoms with Crippen LogP contribution in [0.4, 0.5) is 15.2 Å². The van der Waals surface area contributed by atoms with E-state index in [1.807, 2.05) is 0 Å². The Morgan fingerprint density at radius 1 is 0.880 bits per heavy atom. The topological polar surface area (TPSA) is 19.4 Å². The number of thiazole rings is 1. The second-order valence-electron chi connectivity index (χ2n) is 6.33. The molecule has 0 spiro atoms. The van der Waals surface area contributed by atoms with Crippen LogP contribution >= 0.6 is 11.3 Å². The number of nitrogens with zero attached hydrogens (tertiary/aromatic N) is 3. The van der Waals surface area contributed by atoms with Crippen molar-refractivity contribution >= 4 is 22.2 Å². The van der Waals surface area contributed by atoms with Crippen molar-refractivity contribution in [1.29, 1.82) is 0 Å². The van der Waals surface area contributed by atoms with E-state index in [9.17, 15) is 4.39 Å². The summed E-state index contributed by atoms with van der Waals surface area (Å²) >= 11 is 1.66. The zero-order chi connectivity index (χ0) is 17.2. The Labute approximate surface area is 151 Å². The Morgan fingerprint density at radius 2 is 1.52 bits per heavy atom. The molecule has 0 atom stereocenters. The molecule has 0 N–H and O–H groups in total. The summed E-state index contributed by atoms with van der Waals surface area (Å²) in [5.74, 6) is -0.216. The van der Waals surface area contributed by atoms with E-state index in [-0.39, 0.29) is 5.82 Å². The average Bonchev–Trinajstić information content (AvgIpc) is 3.13. The van der Waals surface area contributed by atoms with Gasteiger partial charge in [-0.3, -0.25) is 0 Å². The molecule has 128 valence electrons. The molecule has 5 heteroatoms. The van der Waals surface area contributed by atoms with Crippen LogP contribution < -0.4 is 9.80 Å². The summed E-state index contributed by atoms with van der Waals surface area (Å²) < 4.78 is 13.1. The van der Waals surface area contributed by atoms with Crippen LogP contribution in [-0.4, -0.2) is 31.2 Å². The number of hydrogen-bond donors (Lipinski definition) is 0. The lowest BCUT2D eigenvalue weighted by Crippen LogP contribution is -2.46. The lowest BCUT2D eigenvalue weighted by atomic mass is 10.2. The first-order valence-electron chi connectivity index (χ1n) is 8.47. The first-order valence-corrected chi connectivity index (χ1v) is 9.35. The Morgan fingerprint density at radius 3 is 2.20 bits per heavy atom. The lowest BCUT2D eigenvalue weighted by Gasteiger charge is -2.36. The zero-order valence-electron chi connectivity index (χ0n) is 14.2. The highest BCUT2D eigenvalue weighted by molar-refractivity contribution is 7.14. The van der Waals surface area contributed by atoms with Crippen LogP contribution in [0.3, 0.4) is 0 Å². The third-order valence-corrected chi connectivity index (χ3v) is 5.48. The number of anilines is 2. The van der Waals surface area contributed by atoms with E-state index in [1.165, 1.54) is 23.4 Å². The van der Waals surface area contributed by atoms with Crippen molar-refractivity contribution in [3.63, 3.8) is 0 Å². The van der Waals surface area contributed by atoms with Crippen LogP contribution in [0.2, 0.25) is 0 Å². The molecule has 1 fully saturated rings. The van der Waals surface area contributed by atoms with Gasteiger partial charge in [0, 0.05) is 42.8 Å². The number of benzene rings is 2. The van der Waals surface area contributed by atoms with E-state index >= 15 is 0 Å². The van der Waals surface area contributed by atoms with Crippen molar-refractivity contribution in [3.05, 3.63) is 65.3 Å². The Balaban J connectivity index is 1.42. The maximum absolute atomic E-state index is 13.1. The van der Waals surface area contributed by atoms with Crippen molar-refractivity contribution in [2.24, 2.45) is 0 Å². The van der Waals surface area contributed by atoms with E-state index in [0.29, 0.717) is 0 Å². The fourth-order valence-electron chi connectivity index (χ4n) is 3.07. The highest BCUT2D eigenvalue weighted by atomic mass is 32.1. The highest BCUT2D eigenvalue weighted by Gasteiger charge is 2.20.